The van der Waals surface area contributed by atoms with Gasteiger partial charge in [-0.15, -0.1) is 0 Å². The van der Waals surface area contributed by atoms with E-state index >= 15 is 0 Å². The highest BCUT2D eigenvalue weighted by molar-refractivity contribution is 5.92. The number of rotatable bonds is 1. The van der Waals surface area contributed by atoms with Gasteiger partial charge in [-0.25, -0.2) is 4.79 Å². The minimum atomic E-state index is -0.344. The molecule has 1 aromatic rings. The second-order valence-electron chi connectivity index (χ2n) is 3.46. The van der Waals surface area contributed by atoms with E-state index in [1.807, 2.05) is 26.0 Å². The van der Waals surface area contributed by atoms with E-state index in [0.717, 1.165) is 5.56 Å². The van der Waals surface area contributed by atoms with Crippen LogP contribution in [0, 0.1) is 17.8 Å². The van der Waals surface area contributed by atoms with Gasteiger partial charge in [-0.1, -0.05) is 37.8 Å². The van der Waals surface area contributed by atoms with E-state index < -0.39 is 0 Å². The Labute approximate surface area is 90.3 Å². The lowest BCUT2D eigenvalue weighted by atomic mass is 10.1. The number of carbonyl (C=O) groups is 1. The normalized spacial score (nSPS) is 9.33. The van der Waals surface area contributed by atoms with Crippen LogP contribution in [0.3, 0.4) is 0 Å². The van der Waals surface area contributed by atoms with E-state index in [-0.39, 0.29) is 11.9 Å². The summed E-state index contributed by atoms with van der Waals surface area (Å²) in [6.45, 7) is 4.02. The van der Waals surface area contributed by atoms with Gasteiger partial charge in [-0.3, -0.25) is 0 Å². The first kappa shape index (κ1) is 11.3. The molecule has 0 atom stereocenters. The van der Waals surface area contributed by atoms with Crippen molar-refractivity contribution in [1.29, 1.82) is 0 Å². The number of ether oxygens (including phenoxy) is 1. The van der Waals surface area contributed by atoms with Gasteiger partial charge in [-0.05, 0) is 12.1 Å². The Kier molecular flexibility index (Phi) is 3.93. The van der Waals surface area contributed by atoms with Crippen molar-refractivity contribution >= 4 is 5.97 Å². The van der Waals surface area contributed by atoms with Crippen molar-refractivity contribution in [3.63, 3.8) is 0 Å². The SMILES string of the molecule is COC(=O)c1ccccc1C#CC(C)C. The largest absolute Gasteiger partial charge is 0.465 e. The van der Waals surface area contributed by atoms with Crippen LogP contribution in [0.15, 0.2) is 24.3 Å². The van der Waals surface area contributed by atoms with Gasteiger partial charge in [0.2, 0.25) is 0 Å². The molecule has 15 heavy (non-hydrogen) atoms. The van der Waals surface area contributed by atoms with Crippen LogP contribution in [-0.2, 0) is 4.74 Å². The Hall–Kier alpha value is -1.75. The van der Waals surface area contributed by atoms with Gasteiger partial charge < -0.3 is 4.74 Å². The second kappa shape index (κ2) is 5.21. The zero-order chi connectivity index (χ0) is 11.3. The highest BCUT2D eigenvalue weighted by atomic mass is 16.5. The third-order valence-electron chi connectivity index (χ3n) is 1.83. The van der Waals surface area contributed by atoms with E-state index in [1.54, 1.807) is 12.1 Å². The van der Waals surface area contributed by atoms with E-state index in [0.29, 0.717) is 5.56 Å². The average Bonchev–Trinajstić information content (AvgIpc) is 2.25. The van der Waals surface area contributed by atoms with Gasteiger partial charge in [0, 0.05) is 11.5 Å². The zero-order valence-corrected chi connectivity index (χ0v) is 9.20. The number of esters is 1. The summed E-state index contributed by atoms with van der Waals surface area (Å²) in [6, 6.07) is 7.20. The smallest absolute Gasteiger partial charge is 0.339 e. The minimum absolute atomic E-state index is 0.288. The highest BCUT2D eigenvalue weighted by Gasteiger charge is 2.08. The number of hydrogen-bond acceptors (Lipinski definition) is 2. The molecule has 0 saturated heterocycles. The molecule has 0 aliphatic rings. The van der Waals surface area contributed by atoms with Crippen molar-refractivity contribution in [2.75, 3.05) is 7.11 Å². The molecule has 0 saturated carbocycles. The van der Waals surface area contributed by atoms with Gasteiger partial charge in [0.25, 0.3) is 0 Å². The quantitative estimate of drug-likeness (QED) is 0.516. The number of benzene rings is 1. The summed E-state index contributed by atoms with van der Waals surface area (Å²) in [6.07, 6.45) is 0. The summed E-state index contributed by atoms with van der Waals surface area (Å²) in [7, 11) is 1.37. The maximum Gasteiger partial charge on any atom is 0.339 e. The summed E-state index contributed by atoms with van der Waals surface area (Å²) >= 11 is 0. The van der Waals surface area contributed by atoms with Crippen molar-refractivity contribution in [3.8, 4) is 11.8 Å². The first-order chi connectivity index (χ1) is 7.15. The standard InChI is InChI=1S/C13H14O2/c1-10(2)8-9-11-6-4-5-7-12(11)13(14)15-3/h4-7,10H,1-3H3. The molecule has 78 valence electrons. The monoisotopic (exact) mass is 202 g/mol. The molecular formula is C13H14O2. The van der Waals surface area contributed by atoms with Crippen LogP contribution in [0.5, 0.6) is 0 Å². The maximum absolute atomic E-state index is 11.4. The predicted octanol–water partition coefficient (Wildman–Crippen LogP) is 2.48. The van der Waals surface area contributed by atoms with Gasteiger partial charge >= 0.3 is 5.97 Å². The first-order valence-corrected chi connectivity index (χ1v) is 4.84. The van der Waals surface area contributed by atoms with E-state index in [2.05, 4.69) is 16.6 Å². The van der Waals surface area contributed by atoms with Crippen LogP contribution in [0.2, 0.25) is 0 Å². The van der Waals surface area contributed by atoms with Crippen LogP contribution in [0.4, 0.5) is 0 Å². The molecule has 0 fully saturated rings. The van der Waals surface area contributed by atoms with Crippen molar-refractivity contribution in [3.05, 3.63) is 35.4 Å². The van der Waals surface area contributed by atoms with Crippen LogP contribution in [-0.4, -0.2) is 13.1 Å². The van der Waals surface area contributed by atoms with E-state index in [4.69, 9.17) is 0 Å². The molecule has 1 rings (SSSR count). The summed E-state index contributed by atoms with van der Waals surface area (Å²) < 4.78 is 4.68. The third kappa shape index (κ3) is 3.14. The van der Waals surface area contributed by atoms with Crippen LogP contribution >= 0.6 is 0 Å². The summed E-state index contributed by atoms with van der Waals surface area (Å²) in [5.41, 5.74) is 1.24. The van der Waals surface area contributed by atoms with E-state index in [1.165, 1.54) is 7.11 Å². The molecule has 2 heteroatoms. The lowest BCUT2D eigenvalue weighted by Crippen LogP contribution is -2.03. The number of methoxy groups -OCH3 is 1. The lowest BCUT2D eigenvalue weighted by molar-refractivity contribution is 0.0600. The van der Waals surface area contributed by atoms with Gasteiger partial charge in [0.05, 0.1) is 12.7 Å². The molecular weight excluding hydrogens is 188 g/mol. The summed E-state index contributed by atoms with van der Waals surface area (Å²) in [5.74, 6) is 5.94. The molecule has 0 spiro atoms. The predicted molar refractivity (Wildman–Crippen MR) is 59.5 cm³/mol. The van der Waals surface area contributed by atoms with Gasteiger partial charge in [0.15, 0.2) is 0 Å². The summed E-state index contributed by atoms with van der Waals surface area (Å²) in [4.78, 5) is 11.4. The number of carbonyl (C=O) groups excluding carboxylic acids is 1. The molecule has 0 bridgehead atoms. The van der Waals surface area contributed by atoms with Crippen molar-refractivity contribution < 1.29 is 9.53 Å². The molecule has 2 nitrogen and oxygen atoms in total. The fourth-order valence-electron chi connectivity index (χ4n) is 1.10. The molecule has 0 unspecified atom stereocenters. The van der Waals surface area contributed by atoms with E-state index in [9.17, 15) is 4.79 Å². The summed E-state index contributed by atoms with van der Waals surface area (Å²) in [5, 5.41) is 0. The van der Waals surface area contributed by atoms with Gasteiger partial charge in [0.1, 0.15) is 0 Å². The molecule has 0 heterocycles. The van der Waals surface area contributed by atoms with Crippen LogP contribution < -0.4 is 0 Å². The maximum atomic E-state index is 11.4. The van der Waals surface area contributed by atoms with Crippen LogP contribution in [0.1, 0.15) is 29.8 Å². The molecule has 0 amide bonds. The Morgan fingerprint density at radius 1 is 1.33 bits per heavy atom. The number of hydrogen-bond donors (Lipinski definition) is 0. The zero-order valence-electron chi connectivity index (χ0n) is 9.20. The topological polar surface area (TPSA) is 26.3 Å². The van der Waals surface area contributed by atoms with Crippen LogP contribution in [0.25, 0.3) is 0 Å². The Balaban J connectivity index is 3.09. The van der Waals surface area contributed by atoms with Crippen molar-refractivity contribution in [2.24, 2.45) is 5.92 Å². The average molecular weight is 202 g/mol. The Morgan fingerprint density at radius 2 is 2.00 bits per heavy atom. The molecule has 0 N–H and O–H groups in total. The fourth-order valence-corrected chi connectivity index (χ4v) is 1.10. The second-order valence-corrected chi connectivity index (χ2v) is 3.46. The molecule has 0 aliphatic carbocycles. The minimum Gasteiger partial charge on any atom is -0.465 e. The first-order valence-electron chi connectivity index (χ1n) is 4.84. The molecule has 0 aromatic heterocycles. The molecule has 0 aliphatic heterocycles. The van der Waals surface area contributed by atoms with Gasteiger partial charge in [-0.2, -0.15) is 0 Å². The fraction of sp³-hybridized carbons (Fsp3) is 0.308. The highest BCUT2D eigenvalue weighted by Crippen LogP contribution is 2.08. The van der Waals surface area contributed by atoms with Crippen molar-refractivity contribution in [1.82, 2.24) is 0 Å². The Bertz CT molecular complexity index is 408. The third-order valence-corrected chi connectivity index (χ3v) is 1.83. The molecule has 0 radical (unpaired) electrons. The van der Waals surface area contributed by atoms with Crippen molar-refractivity contribution in [2.45, 2.75) is 13.8 Å². The Morgan fingerprint density at radius 3 is 2.60 bits per heavy atom. The lowest BCUT2D eigenvalue weighted by Gasteiger charge is -2.01. The molecule has 1 aromatic carbocycles.